The quantitative estimate of drug-likeness (QED) is 0.882. The molecule has 2 aromatic rings. The first-order valence-corrected chi connectivity index (χ1v) is 6.28. The van der Waals surface area contributed by atoms with Crippen LogP contribution in [0.5, 0.6) is 17.2 Å². The van der Waals surface area contributed by atoms with Crippen LogP contribution in [0.25, 0.3) is 0 Å². The Labute approximate surface area is 137 Å². The van der Waals surface area contributed by atoms with Crippen LogP contribution in [0.2, 0.25) is 0 Å². The maximum absolute atomic E-state index is 12.1. The average Bonchev–Trinajstić information content (AvgIpc) is 2.46. The number of ether oxygens (including phenoxy) is 2. The van der Waals surface area contributed by atoms with Gasteiger partial charge < -0.3 is 20.3 Å². The fourth-order valence-corrected chi connectivity index (χ4v) is 1.96. The number of rotatable bonds is 4. The van der Waals surface area contributed by atoms with Gasteiger partial charge in [0.1, 0.15) is 5.75 Å². The fourth-order valence-electron chi connectivity index (χ4n) is 1.96. The third-order valence-electron chi connectivity index (χ3n) is 3.04. The van der Waals surface area contributed by atoms with E-state index in [1.165, 1.54) is 37.4 Å². The third kappa shape index (κ3) is 4.94. The van der Waals surface area contributed by atoms with E-state index in [-0.39, 0.29) is 29.7 Å². The van der Waals surface area contributed by atoms with Gasteiger partial charge in [0.15, 0.2) is 11.5 Å². The maximum Gasteiger partial charge on any atom is 0.573 e. The summed E-state index contributed by atoms with van der Waals surface area (Å²) in [5.41, 5.74) is 7.32. The monoisotopic (exact) mass is 349 g/mol. The summed E-state index contributed by atoms with van der Waals surface area (Å²) in [7, 11) is 1.41. The number of methoxy groups -OCH3 is 1. The van der Waals surface area contributed by atoms with Crippen LogP contribution in [0.3, 0.4) is 0 Å². The number of hydrogen-bond donors (Lipinski definition) is 2. The zero-order chi connectivity index (χ0) is 16.3. The van der Waals surface area contributed by atoms with Crippen LogP contribution in [-0.2, 0) is 0 Å². The molecule has 0 bridgehead atoms. The zero-order valence-electron chi connectivity index (χ0n) is 12.0. The van der Waals surface area contributed by atoms with Crippen molar-refractivity contribution in [2.24, 2.45) is 5.73 Å². The number of phenols is 1. The van der Waals surface area contributed by atoms with Gasteiger partial charge >= 0.3 is 6.36 Å². The normalized spacial score (nSPS) is 12.2. The van der Waals surface area contributed by atoms with E-state index < -0.39 is 12.4 Å². The lowest BCUT2D eigenvalue weighted by Gasteiger charge is -2.15. The van der Waals surface area contributed by atoms with E-state index in [0.717, 1.165) is 0 Å². The van der Waals surface area contributed by atoms with Crippen molar-refractivity contribution in [3.05, 3.63) is 53.6 Å². The zero-order valence-corrected chi connectivity index (χ0v) is 12.8. The Morgan fingerprint density at radius 2 is 1.61 bits per heavy atom. The molecule has 0 amide bonds. The predicted molar refractivity (Wildman–Crippen MR) is 81.1 cm³/mol. The number of phenolic OH excluding ortho intramolecular Hbond substituents is 1. The van der Waals surface area contributed by atoms with Crippen molar-refractivity contribution in [2.45, 2.75) is 12.4 Å². The molecule has 126 valence electrons. The lowest BCUT2D eigenvalue weighted by atomic mass is 9.99. The van der Waals surface area contributed by atoms with Crippen molar-refractivity contribution in [1.82, 2.24) is 0 Å². The van der Waals surface area contributed by atoms with Crippen molar-refractivity contribution < 1.29 is 27.8 Å². The summed E-state index contributed by atoms with van der Waals surface area (Å²) >= 11 is 0. The molecule has 0 saturated heterocycles. The molecule has 2 rings (SSSR count). The molecule has 3 N–H and O–H groups in total. The second kappa shape index (κ2) is 7.43. The van der Waals surface area contributed by atoms with Crippen molar-refractivity contribution in [3.63, 3.8) is 0 Å². The molecule has 0 aliphatic heterocycles. The second-order valence-electron chi connectivity index (χ2n) is 4.53. The molecular formula is C15H15ClF3NO3. The number of alkyl halides is 3. The minimum atomic E-state index is -4.73. The Bertz CT molecular complexity index is 647. The van der Waals surface area contributed by atoms with E-state index in [2.05, 4.69) is 4.74 Å². The molecular weight excluding hydrogens is 335 g/mol. The van der Waals surface area contributed by atoms with Crippen LogP contribution in [0.1, 0.15) is 17.2 Å². The number of nitrogens with two attached hydrogens (primary N) is 1. The largest absolute Gasteiger partial charge is 0.573 e. The van der Waals surface area contributed by atoms with Gasteiger partial charge in [-0.05, 0) is 35.4 Å². The highest BCUT2D eigenvalue weighted by Gasteiger charge is 2.31. The Morgan fingerprint density at radius 1 is 1.04 bits per heavy atom. The summed E-state index contributed by atoms with van der Waals surface area (Å²) in [5.74, 6) is -0.0657. The molecule has 23 heavy (non-hydrogen) atoms. The highest BCUT2D eigenvalue weighted by atomic mass is 35.5. The molecule has 0 aliphatic rings. The first-order valence-electron chi connectivity index (χ1n) is 6.28. The van der Waals surface area contributed by atoms with Gasteiger partial charge in [-0.15, -0.1) is 25.6 Å². The highest BCUT2D eigenvalue weighted by Crippen LogP contribution is 2.31. The third-order valence-corrected chi connectivity index (χ3v) is 3.04. The van der Waals surface area contributed by atoms with Crippen LogP contribution in [0, 0.1) is 0 Å². The van der Waals surface area contributed by atoms with Crippen molar-refractivity contribution in [3.8, 4) is 17.2 Å². The van der Waals surface area contributed by atoms with Gasteiger partial charge in [-0.1, -0.05) is 18.2 Å². The number of halogens is 4. The van der Waals surface area contributed by atoms with Crippen molar-refractivity contribution in [2.75, 3.05) is 7.11 Å². The average molecular weight is 350 g/mol. The minimum Gasteiger partial charge on any atom is -0.504 e. The van der Waals surface area contributed by atoms with E-state index in [1.807, 2.05) is 0 Å². The van der Waals surface area contributed by atoms with Gasteiger partial charge in [0.25, 0.3) is 0 Å². The number of aromatic hydroxyl groups is 1. The minimum absolute atomic E-state index is 0. The van der Waals surface area contributed by atoms with Gasteiger partial charge in [-0.25, -0.2) is 0 Å². The molecule has 0 unspecified atom stereocenters. The smallest absolute Gasteiger partial charge is 0.504 e. The molecule has 0 aromatic heterocycles. The summed E-state index contributed by atoms with van der Waals surface area (Å²) in [4.78, 5) is 0. The predicted octanol–water partition coefficient (Wildman–Crippen LogP) is 3.77. The first kappa shape index (κ1) is 18.9. The molecule has 4 nitrogen and oxygen atoms in total. The van der Waals surface area contributed by atoms with Crippen LogP contribution in [0.15, 0.2) is 42.5 Å². The molecule has 1 atom stereocenters. The van der Waals surface area contributed by atoms with Crippen LogP contribution in [0.4, 0.5) is 13.2 Å². The van der Waals surface area contributed by atoms with Crippen LogP contribution < -0.4 is 15.2 Å². The molecule has 0 radical (unpaired) electrons. The topological polar surface area (TPSA) is 64.7 Å². The second-order valence-corrected chi connectivity index (χ2v) is 4.53. The van der Waals surface area contributed by atoms with E-state index >= 15 is 0 Å². The Hall–Kier alpha value is -2.12. The lowest BCUT2D eigenvalue weighted by Crippen LogP contribution is -2.17. The van der Waals surface area contributed by atoms with Crippen LogP contribution in [-0.4, -0.2) is 18.6 Å². The molecule has 0 heterocycles. The first-order chi connectivity index (χ1) is 10.3. The fraction of sp³-hybridized carbons (Fsp3) is 0.200. The molecule has 8 heteroatoms. The van der Waals surface area contributed by atoms with Gasteiger partial charge in [0, 0.05) is 0 Å². The van der Waals surface area contributed by atoms with Gasteiger partial charge in [0.2, 0.25) is 0 Å². The highest BCUT2D eigenvalue weighted by molar-refractivity contribution is 5.85. The molecule has 0 fully saturated rings. The summed E-state index contributed by atoms with van der Waals surface area (Å²) in [5, 5.41) is 9.54. The Morgan fingerprint density at radius 3 is 2.13 bits per heavy atom. The molecule has 2 aromatic carbocycles. The van der Waals surface area contributed by atoms with E-state index in [9.17, 15) is 18.3 Å². The van der Waals surface area contributed by atoms with E-state index in [4.69, 9.17) is 10.5 Å². The Kier molecular flexibility index (Phi) is 6.12. The number of benzene rings is 2. The number of hydrogen-bond acceptors (Lipinski definition) is 4. The summed E-state index contributed by atoms with van der Waals surface area (Å²) < 4.78 is 45.1. The summed E-state index contributed by atoms with van der Waals surface area (Å²) in [6, 6.07) is 9.34. The SMILES string of the molecule is COc1cc([C@@H](N)c2ccc(OC(F)(F)F)cc2)ccc1O.Cl. The maximum atomic E-state index is 12.1. The van der Waals surface area contributed by atoms with Gasteiger partial charge in [-0.3, -0.25) is 0 Å². The standard InChI is InChI=1S/C15H14F3NO3.ClH/c1-21-13-8-10(4-7-12(13)20)14(19)9-2-5-11(6-3-9)22-15(16,17)18;/h2-8,14,20H,19H2,1H3;1H/t14-;/m0./s1. The summed E-state index contributed by atoms with van der Waals surface area (Å²) in [6.07, 6.45) is -4.73. The van der Waals surface area contributed by atoms with Crippen LogP contribution >= 0.6 is 12.4 Å². The van der Waals surface area contributed by atoms with Crippen molar-refractivity contribution >= 4 is 12.4 Å². The molecule has 0 saturated carbocycles. The lowest BCUT2D eigenvalue weighted by molar-refractivity contribution is -0.274. The van der Waals surface area contributed by atoms with E-state index in [1.54, 1.807) is 12.1 Å². The molecule has 0 aliphatic carbocycles. The van der Waals surface area contributed by atoms with Gasteiger partial charge in [-0.2, -0.15) is 0 Å². The van der Waals surface area contributed by atoms with E-state index in [0.29, 0.717) is 11.1 Å². The molecule has 0 spiro atoms. The Balaban J connectivity index is 0.00000264. The van der Waals surface area contributed by atoms with Crippen molar-refractivity contribution in [1.29, 1.82) is 0 Å². The summed E-state index contributed by atoms with van der Waals surface area (Å²) in [6.45, 7) is 0. The van der Waals surface area contributed by atoms with Gasteiger partial charge in [0.05, 0.1) is 13.2 Å².